The van der Waals surface area contributed by atoms with Crippen molar-refractivity contribution in [3.63, 3.8) is 0 Å². The molecule has 1 aromatic carbocycles. The molecule has 31 heavy (non-hydrogen) atoms. The van der Waals surface area contributed by atoms with Crippen molar-refractivity contribution in [2.75, 3.05) is 18.2 Å². The van der Waals surface area contributed by atoms with Gasteiger partial charge in [0.1, 0.15) is 0 Å². The second-order valence-corrected chi connectivity index (χ2v) is 9.37. The van der Waals surface area contributed by atoms with E-state index in [2.05, 4.69) is 15.3 Å². The Morgan fingerprint density at radius 1 is 1.29 bits per heavy atom. The summed E-state index contributed by atoms with van der Waals surface area (Å²) in [5.41, 5.74) is -1.25. The van der Waals surface area contributed by atoms with Gasteiger partial charge in [-0.15, -0.1) is 0 Å². The average Bonchev–Trinajstić information content (AvgIpc) is 2.72. The van der Waals surface area contributed by atoms with Crippen LogP contribution in [0.25, 0.3) is 0 Å². The van der Waals surface area contributed by atoms with Crippen molar-refractivity contribution < 1.29 is 31.1 Å². The molecule has 2 aromatic rings. The van der Waals surface area contributed by atoms with Crippen LogP contribution in [-0.2, 0) is 25.5 Å². The predicted octanol–water partition coefficient (Wildman–Crippen LogP) is 3.58. The average molecular weight is 457 g/mol. The zero-order chi connectivity index (χ0) is 22.6. The molecule has 2 unspecified atom stereocenters. The third-order valence-electron chi connectivity index (χ3n) is 5.01. The number of carbonyl (C=O) groups excluding carboxylic acids is 1. The summed E-state index contributed by atoms with van der Waals surface area (Å²) in [6, 6.07) is 2.88. The van der Waals surface area contributed by atoms with Crippen molar-refractivity contribution in [3.8, 4) is 0 Å². The molecule has 0 saturated carbocycles. The molecule has 0 aliphatic carbocycles. The van der Waals surface area contributed by atoms with Gasteiger partial charge in [0.05, 0.1) is 28.7 Å². The van der Waals surface area contributed by atoms with E-state index in [0.717, 1.165) is 25.0 Å². The highest BCUT2D eigenvalue weighted by Gasteiger charge is 2.38. The predicted molar refractivity (Wildman–Crippen MR) is 106 cm³/mol. The lowest BCUT2D eigenvalue weighted by molar-refractivity contribution is -0.140. The number of sulfone groups is 1. The van der Waals surface area contributed by atoms with E-state index >= 15 is 0 Å². The minimum atomic E-state index is -4.90. The summed E-state index contributed by atoms with van der Waals surface area (Å²) in [6.07, 6.45) is 2.24. The highest BCUT2D eigenvalue weighted by atomic mass is 32.2. The van der Waals surface area contributed by atoms with Crippen molar-refractivity contribution in [2.24, 2.45) is 0 Å². The van der Waals surface area contributed by atoms with Crippen molar-refractivity contribution in [2.45, 2.75) is 48.8 Å². The van der Waals surface area contributed by atoms with Crippen LogP contribution in [0.4, 0.5) is 19.0 Å². The summed E-state index contributed by atoms with van der Waals surface area (Å²) in [6.45, 7) is 0.518. The normalized spacial score (nSPS) is 18.4. The summed E-state index contributed by atoms with van der Waals surface area (Å²) in [5, 5.41) is 2.57. The molecule has 1 N–H and O–H groups in total. The molecule has 2 atom stereocenters. The van der Waals surface area contributed by atoms with Gasteiger partial charge in [-0.1, -0.05) is 6.07 Å². The molecule has 0 radical (unpaired) electrons. The molecular weight excluding hydrogens is 435 g/mol. The Bertz CT molecular complexity index is 1020. The van der Waals surface area contributed by atoms with Crippen LogP contribution >= 0.6 is 0 Å². The van der Waals surface area contributed by atoms with Gasteiger partial charge in [-0.25, -0.2) is 13.4 Å². The van der Waals surface area contributed by atoms with E-state index in [-0.39, 0.29) is 23.9 Å². The fourth-order valence-electron chi connectivity index (χ4n) is 3.54. The number of carbonyl (C=O) groups is 1. The number of ether oxygens (including phenoxy) is 1. The van der Waals surface area contributed by atoms with Crippen molar-refractivity contribution in [1.29, 1.82) is 0 Å². The van der Waals surface area contributed by atoms with E-state index in [9.17, 15) is 26.4 Å². The van der Waals surface area contributed by atoms with Gasteiger partial charge in [0.15, 0.2) is 15.7 Å². The van der Waals surface area contributed by atoms with Gasteiger partial charge in [0, 0.05) is 25.3 Å². The highest BCUT2D eigenvalue weighted by molar-refractivity contribution is 7.90. The molecule has 1 fully saturated rings. The van der Waals surface area contributed by atoms with Gasteiger partial charge in [0.25, 0.3) is 0 Å². The SMILES string of the molecule is CS(=O)(=O)c1ccc(C(CC2CCCCO2)C(=O)Nc2cnccn2)cc1C(F)(F)F. The van der Waals surface area contributed by atoms with Crippen LogP contribution in [0, 0.1) is 0 Å². The lowest BCUT2D eigenvalue weighted by Crippen LogP contribution is -2.29. The van der Waals surface area contributed by atoms with Gasteiger partial charge < -0.3 is 10.1 Å². The lowest BCUT2D eigenvalue weighted by Gasteiger charge is -2.27. The minimum Gasteiger partial charge on any atom is -0.378 e. The Balaban J connectivity index is 2.00. The first kappa shape index (κ1) is 23.1. The van der Waals surface area contributed by atoms with Crippen LogP contribution < -0.4 is 5.32 Å². The number of aromatic nitrogens is 2. The molecule has 1 aromatic heterocycles. The smallest absolute Gasteiger partial charge is 0.378 e. The summed E-state index contributed by atoms with van der Waals surface area (Å²) < 4.78 is 70.3. The van der Waals surface area contributed by atoms with Gasteiger partial charge in [-0.3, -0.25) is 9.78 Å². The van der Waals surface area contributed by atoms with Crippen molar-refractivity contribution in [1.82, 2.24) is 9.97 Å². The Morgan fingerprint density at radius 3 is 2.65 bits per heavy atom. The monoisotopic (exact) mass is 457 g/mol. The number of benzene rings is 1. The molecule has 2 heterocycles. The van der Waals surface area contributed by atoms with Crippen molar-refractivity contribution in [3.05, 3.63) is 47.9 Å². The van der Waals surface area contributed by atoms with Crippen LogP contribution in [0.1, 0.15) is 42.7 Å². The molecule has 11 heteroatoms. The number of nitrogens with one attached hydrogen (secondary N) is 1. The first-order valence-corrected chi connectivity index (χ1v) is 11.5. The van der Waals surface area contributed by atoms with Gasteiger partial charge in [0.2, 0.25) is 5.91 Å². The van der Waals surface area contributed by atoms with Crippen molar-refractivity contribution >= 4 is 21.6 Å². The number of rotatable bonds is 6. The number of nitrogens with zero attached hydrogens (tertiary/aromatic N) is 2. The molecule has 3 rings (SSSR count). The standard InChI is InChI=1S/C20H22F3N3O4S/c1-31(28,29)17-6-5-13(10-16(17)20(21,22)23)15(11-14-4-2-3-9-30-14)19(27)26-18-12-24-7-8-25-18/h5-8,10,12,14-15H,2-4,9,11H2,1H3,(H,25,26,27). The number of hydrogen-bond donors (Lipinski definition) is 1. The molecule has 1 aliphatic rings. The van der Waals surface area contributed by atoms with Gasteiger partial charge in [-0.2, -0.15) is 13.2 Å². The van der Waals surface area contributed by atoms with Crippen LogP contribution in [0.5, 0.6) is 0 Å². The van der Waals surface area contributed by atoms with E-state index in [4.69, 9.17) is 4.74 Å². The van der Waals surface area contributed by atoms with Gasteiger partial charge in [-0.05, 0) is 43.4 Å². The first-order chi connectivity index (χ1) is 14.6. The molecular formula is C20H22F3N3O4S. The number of anilines is 1. The third kappa shape index (κ3) is 6.01. The van der Waals surface area contributed by atoms with E-state index in [1.807, 2.05) is 0 Å². The Morgan fingerprint density at radius 2 is 2.06 bits per heavy atom. The lowest BCUT2D eigenvalue weighted by atomic mass is 9.89. The molecule has 0 bridgehead atoms. The highest BCUT2D eigenvalue weighted by Crippen LogP contribution is 2.37. The molecule has 1 aliphatic heterocycles. The third-order valence-corrected chi connectivity index (χ3v) is 6.17. The zero-order valence-electron chi connectivity index (χ0n) is 16.7. The molecule has 7 nitrogen and oxygen atoms in total. The number of halogens is 3. The van der Waals surface area contributed by atoms with Crippen LogP contribution in [0.3, 0.4) is 0 Å². The van der Waals surface area contributed by atoms with E-state index in [1.54, 1.807) is 0 Å². The molecule has 168 valence electrons. The molecule has 1 amide bonds. The summed E-state index contributed by atoms with van der Waals surface area (Å²) in [5.74, 6) is -1.42. The Hall–Kier alpha value is -2.53. The van der Waals surface area contributed by atoms with Gasteiger partial charge >= 0.3 is 6.18 Å². The van der Waals surface area contributed by atoms with Crippen LogP contribution in [0.15, 0.2) is 41.7 Å². The summed E-state index contributed by atoms with van der Waals surface area (Å²) in [7, 11) is -4.12. The van der Waals surface area contributed by atoms with E-state index in [1.165, 1.54) is 24.7 Å². The quantitative estimate of drug-likeness (QED) is 0.712. The summed E-state index contributed by atoms with van der Waals surface area (Å²) in [4.78, 5) is 20.0. The number of hydrogen-bond acceptors (Lipinski definition) is 6. The maximum Gasteiger partial charge on any atom is 0.417 e. The second-order valence-electron chi connectivity index (χ2n) is 7.38. The molecule has 1 saturated heterocycles. The topological polar surface area (TPSA) is 98.2 Å². The maximum atomic E-state index is 13.6. The fraction of sp³-hybridized carbons (Fsp3) is 0.450. The van der Waals surface area contributed by atoms with Crippen LogP contribution in [-0.4, -0.2) is 43.3 Å². The maximum absolute atomic E-state index is 13.6. The first-order valence-electron chi connectivity index (χ1n) is 9.65. The van der Waals surface area contributed by atoms with E-state index in [0.29, 0.717) is 19.3 Å². The summed E-state index contributed by atoms with van der Waals surface area (Å²) >= 11 is 0. The number of amides is 1. The zero-order valence-corrected chi connectivity index (χ0v) is 17.5. The van der Waals surface area contributed by atoms with E-state index < -0.39 is 38.3 Å². The largest absolute Gasteiger partial charge is 0.417 e. The fourth-order valence-corrected chi connectivity index (χ4v) is 4.43. The van der Waals surface area contributed by atoms with Crippen LogP contribution in [0.2, 0.25) is 0 Å². The number of alkyl halides is 3. The minimum absolute atomic E-state index is 0.0512. The Labute approximate surface area is 178 Å². The molecule has 0 spiro atoms. The Kier molecular flexibility index (Phi) is 6.95. The second kappa shape index (κ2) is 9.31.